The molecule has 0 saturated carbocycles. The van der Waals surface area contributed by atoms with Crippen LogP contribution in [0.2, 0.25) is 0 Å². The van der Waals surface area contributed by atoms with Crippen LogP contribution in [0.4, 0.5) is 0 Å². The van der Waals surface area contributed by atoms with Crippen molar-refractivity contribution in [3.8, 4) is 40.2 Å². The summed E-state index contributed by atoms with van der Waals surface area (Å²) in [5.41, 5.74) is 13.0. The second-order valence-corrected chi connectivity index (χ2v) is 25.1. The molecule has 0 unspecified atom stereocenters. The van der Waals surface area contributed by atoms with Crippen molar-refractivity contribution >= 4 is 17.7 Å². The first-order valence-electron chi connectivity index (χ1n) is 35.3. The first-order chi connectivity index (χ1) is 51.9. The van der Waals surface area contributed by atoms with Gasteiger partial charge in [-0.05, 0) is 168 Å². The van der Waals surface area contributed by atoms with Crippen LogP contribution in [0.5, 0.6) is 40.2 Å². The molecule has 12 aromatic rings. The summed E-state index contributed by atoms with van der Waals surface area (Å²) < 4.78 is 40.0. The summed E-state index contributed by atoms with van der Waals surface area (Å²) in [6.07, 6.45) is 7.33. The van der Waals surface area contributed by atoms with Crippen LogP contribution in [0.15, 0.2) is 292 Å². The topological polar surface area (TPSA) is 164 Å². The van der Waals surface area contributed by atoms with Gasteiger partial charge in [0.2, 0.25) is 0 Å². The van der Waals surface area contributed by atoms with Crippen LogP contribution in [-0.2, 0) is 58.7 Å². The van der Waals surface area contributed by atoms with E-state index in [-0.39, 0.29) is 17.7 Å². The number of nitrogens with zero attached hydrogens (tertiary/aromatic N) is 6. The Balaban J connectivity index is 0.000000170. The maximum Gasteiger partial charge on any atom is 0.254 e. The van der Waals surface area contributed by atoms with Gasteiger partial charge in [0, 0.05) is 111 Å². The molecule has 16 nitrogen and oxygen atoms in total. The van der Waals surface area contributed by atoms with Crippen molar-refractivity contribution in [2.75, 3.05) is 48.1 Å². The monoisotopic (exact) mass is 1410 g/mol. The van der Waals surface area contributed by atoms with Gasteiger partial charge in [-0.15, -0.1) is 0 Å². The maximum atomic E-state index is 13.5. The van der Waals surface area contributed by atoms with E-state index in [1.165, 1.54) is 0 Å². The highest BCUT2D eigenvalue weighted by molar-refractivity contribution is 5.96. The van der Waals surface area contributed by atoms with Crippen LogP contribution < -0.4 is 33.2 Å². The molecule has 3 amide bonds. The average molecular weight is 1420 g/mol. The maximum absolute atomic E-state index is 13.5. The van der Waals surface area contributed by atoms with E-state index in [4.69, 9.17) is 33.2 Å². The summed E-state index contributed by atoms with van der Waals surface area (Å²) in [5, 5.41) is 0. The molecule has 12 rings (SSSR count). The van der Waals surface area contributed by atoms with Crippen LogP contribution in [0.25, 0.3) is 0 Å². The summed E-state index contributed by atoms with van der Waals surface area (Å²) >= 11 is 0. The third-order valence-corrected chi connectivity index (χ3v) is 17.4. The fourth-order valence-corrected chi connectivity index (χ4v) is 11.7. The Bertz CT molecular complexity index is 4680. The number of amides is 3. The standard InChI is InChI=1S/C30H30N2O4.2C30H30N2O3/c1-34-27-14-12-25(13-15-27)30(33)32(19-17-26-10-6-7-18-31-26)21-24-11-16-28(29(20-24)35-2)36-22-23-8-4-3-5-9-23;1-23-10-6-7-14-27(23)30(33)32(19-17-26-13-8-9-18-31-26)21-25-15-16-28(29(20-25)34-2)35-22-24-11-4-3-5-12-24;1-23-9-8-12-26(19-23)30(33)32(18-16-27-13-6-7-17-31-27)21-25-14-15-28(29(20-25)34-2)35-22-24-10-4-3-5-11-24/h3-16,18,20H,17,19,21-22H2,1-2H3;3-16,18,20H,17,19,21-22H2,1-2H3;3-15,17,19-20H,16,18,21-22H2,1-2H3. The molecule has 0 spiro atoms. The lowest BCUT2D eigenvalue weighted by molar-refractivity contribution is 0.0736. The second-order valence-electron chi connectivity index (χ2n) is 25.1. The van der Waals surface area contributed by atoms with Gasteiger partial charge in [0.15, 0.2) is 34.5 Å². The molecule has 0 aliphatic carbocycles. The van der Waals surface area contributed by atoms with E-state index in [0.29, 0.717) is 135 Å². The van der Waals surface area contributed by atoms with Gasteiger partial charge in [-0.3, -0.25) is 29.3 Å². The minimum absolute atomic E-state index is 0.00222. The van der Waals surface area contributed by atoms with Crippen LogP contribution in [-0.4, -0.2) is 95.4 Å². The van der Waals surface area contributed by atoms with E-state index in [9.17, 15) is 14.4 Å². The van der Waals surface area contributed by atoms with Crippen molar-refractivity contribution in [2.45, 2.75) is 72.6 Å². The number of hydrogen-bond donors (Lipinski definition) is 0. The second kappa shape index (κ2) is 40.3. The third kappa shape index (κ3) is 23.2. The van der Waals surface area contributed by atoms with Crippen LogP contribution >= 0.6 is 0 Å². The summed E-state index contributed by atoms with van der Waals surface area (Å²) in [6.45, 7) is 8.28. The minimum atomic E-state index is -0.0584. The van der Waals surface area contributed by atoms with Crippen molar-refractivity contribution in [2.24, 2.45) is 0 Å². The molecular formula is C90H90N6O10. The molecule has 0 saturated heterocycles. The number of rotatable bonds is 31. The Hall–Kier alpha value is -12.6. The first kappa shape index (κ1) is 76.1. The molecule has 0 aliphatic heterocycles. The Morgan fingerprint density at radius 2 is 0.679 bits per heavy atom. The van der Waals surface area contributed by atoms with Gasteiger partial charge < -0.3 is 47.9 Å². The zero-order chi connectivity index (χ0) is 74.1. The lowest BCUT2D eigenvalue weighted by atomic mass is 10.1. The Morgan fingerprint density at radius 1 is 0.311 bits per heavy atom. The summed E-state index contributed by atoms with van der Waals surface area (Å²) in [7, 11) is 6.49. The molecule has 9 aromatic carbocycles. The fraction of sp³-hybridized carbons (Fsp3) is 0.200. The van der Waals surface area contributed by atoms with Crippen LogP contribution in [0.1, 0.15) is 92.7 Å². The predicted octanol–water partition coefficient (Wildman–Crippen LogP) is 17.3. The summed E-state index contributed by atoms with van der Waals surface area (Å²) in [5.74, 6) is 4.57. The van der Waals surface area contributed by atoms with Crippen molar-refractivity contribution in [1.29, 1.82) is 0 Å². The van der Waals surface area contributed by atoms with Gasteiger partial charge in [-0.1, -0.05) is 163 Å². The quantitative estimate of drug-likeness (QED) is 0.0403. The molecule has 3 aromatic heterocycles. The molecule has 0 N–H and O–H groups in total. The molecular weight excluding hydrogens is 1330 g/mol. The molecule has 106 heavy (non-hydrogen) atoms. The number of aromatic nitrogens is 3. The highest BCUT2D eigenvalue weighted by Crippen LogP contribution is 2.33. The van der Waals surface area contributed by atoms with E-state index in [1.54, 1.807) is 71.3 Å². The Labute approximate surface area is 622 Å². The molecule has 3 heterocycles. The van der Waals surface area contributed by atoms with E-state index in [0.717, 1.165) is 61.6 Å². The zero-order valence-corrected chi connectivity index (χ0v) is 61.0. The largest absolute Gasteiger partial charge is 0.497 e. The summed E-state index contributed by atoms with van der Waals surface area (Å²) in [4.78, 5) is 59.2. The number of hydrogen-bond acceptors (Lipinski definition) is 13. The van der Waals surface area contributed by atoms with Crippen molar-refractivity contribution < 1.29 is 47.5 Å². The number of carbonyl (C=O) groups excluding carboxylic acids is 3. The number of methoxy groups -OCH3 is 4. The van der Waals surface area contributed by atoms with Gasteiger partial charge >= 0.3 is 0 Å². The third-order valence-electron chi connectivity index (χ3n) is 17.4. The van der Waals surface area contributed by atoms with E-state index in [2.05, 4.69) is 15.0 Å². The molecule has 16 heteroatoms. The highest BCUT2D eigenvalue weighted by Gasteiger charge is 2.23. The Kier molecular flexibility index (Phi) is 28.9. The highest BCUT2D eigenvalue weighted by atomic mass is 16.5. The molecule has 0 aliphatic rings. The van der Waals surface area contributed by atoms with Crippen molar-refractivity contribution in [1.82, 2.24) is 29.7 Å². The summed E-state index contributed by atoms with van der Waals surface area (Å²) in [6, 6.07) is 87.6. The molecule has 0 radical (unpaired) electrons. The smallest absolute Gasteiger partial charge is 0.254 e. The predicted molar refractivity (Wildman–Crippen MR) is 415 cm³/mol. The lowest BCUT2D eigenvalue weighted by Crippen LogP contribution is -2.33. The molecule has 0 bridgehead atoms. The fourth-order valence-electron chi connectivity index (χ4n) is 11.7. The van der Waals surface area contributed by atoms with E-state index in [1.807, 2.05) is 277 Å². The Morgan fingerprint density at radius 3 is 1.04 bits per heavy atom. The number of aryl methyl sites for hydroxylation is 2. The SMILES string of the molecule is COc1cc(CN(CCc2ccccn2)C(=O)c2cccc(C)c2)ccc1OCc1ccccc1.COc1cc(CN(CCc2ccccn2)C(=O)c2ccccc2C)ccc1OCc1ccccc1.COc1ccc(C(=O)N(CCc2ccccn2)Cc2ccc(OCc3ccccc3)c(OC)c2)cc1. The first-order valence-corrected chi connectivity index (χ1v) is 35.3. The minimum Gasteiger partial charge on any atom is -0.497 e. The van der Waals surface area contributed by atoms with Crippen molar-refractivity contribution in [3.05, 3.63) is 370 Å². The number of ether oxygens (including phenoxy) is 7. The van der Waals surface area contributed by atoms with Gasteiger partial charge in [-0.2, -0.15) is 0 Å². The van der Waals surface area contributed by atoms with Gasteiger partial charge in [0.1, 0.15) is 25.6 Å². The van der Waals surface area contributed by atoms with E-state index >= 15 is 0 Å². The molecule has 0 atom stereocenters. The zero-order valence-electron chi connectivity index (χ0n) is 61.0. The van der Waals surface area contributed by atoms with E-state index < -0.39 is 0 Å². The van der Waals surface area contributed by atoms with Gasteiger partial charge in [0.25, 0.3) is 17.7 Å². The van der Waals surface area contributed by atoms with Gasteiger partial charge in [-0.25, -0.2) is 0 Å². The molecule has 540 valence electrons. The normalized spacial score (nSPS) is 10.5. The van der Waals surface area contributed by atoms with Crippen LogP contribution in [0, 0.1) is 13.8 Å². The van der Waals surface area contributed by atoms with Gasteiger partial charge in [0.05, 0.1) is 28.4 Å². The average Bonchev–Trinajstić information content (AvgIpc) is 0.844. The van der Waals surface area contributed by atoms with Crippen molar-refractivity contribution in [3.63, 3.8) is 0 Å². The molecule has 0 fully saturated rings. The lowest BCUT2D eigenvalue weighted by Gasteiger charge is -2.24. The van der Waals surface area contributed by atoms with Crippen LogP contribution in [0.3, 0.4) is 0 Å². The number of benzene rings is 9. The number of pyridine rings is 3. The number of carbonyl (C=O) groups is 3.